The molecule has 0 spiro atoms. The van der Waals surface area contributed by atoms with Gasteiger partial charge in [0.05, 0.1) is 20.4 Å². The lowest BCUT2D eigenvalue weighted by molar-refractivity contribution is 0.354. The van der Waals surface area contributed by atoms with E-state index in [-0.39, 0.29) is 5.96 Å². The van der Waals surface area contributed by atoms with Crippen LogP contribution in [0.15, 0.2) is 62.5 Å². The second kappa shape index (κ2) is 8.09. The Morgan fingerprint density at radius 1 is 1.04 bits per heavy atom. The van der Waals surface area contributed by atoms with E-state index in [0.29, 0.717) is 11.5 Å². The van der Waals surface area contributed by atoms with Crippen LogP contribution in [0, 0.1) is 0 Å². The van der Waals surface area contributed by atoms with Gasteiger partial charge in [0.25, 0.3) is 0 Å². The fraction of sp³-hybridized carbons (Fsp3) is 0.125. The number of guanidine groups is 1. The highest BCUT2D eigenvalue weighted by Gasteiger charge is 2.07. The summed E-state index contributed by atoms with van der Waals surface area (Å²) in [6, 6.07) is 13.6. The first kappa shape index (κ1) is 16.7. The van der Waals surface area contributed by atoms with Crippen molar-refractivity contribution in [2.45, 2.75) is 9.79 Å². The SMILES string of the molecule is COc1ccc(Sc2ccccc2C=NN=C(N)N)cc1OC. The molecule has 0 fully saturated rings. The molecule has 7 heteroatoms. The van der Waals surface area contributed by atoms with Crippen LogP contribution in [0.2, 0.25) is 0 Å². The predicted octanol–water partition coefficient (Wildman–Crippen LogP) is 2.46. The van der Waals surface area contributed by atoms with E-state index in [1.807, 2.05) is 42.5 Å². The molecule has 0 amide bonds. The van der Waals surface area contributed by atoms with Gasteiger partial charge in [0.1, 0.15) is 0 Å². The number of methoxy groups -OCH3 is 2. The molecule has 0 aliphatic heterocycles. The molecule has 2 aromatic carbocycles. The number of rotatable bonds is 6. The molecule has 0 atom stereocenters. The average Bonchev–Trinajstić information content (AvgIpc) is 2.56. The van der Waals surface area contributed by atoms with Crippen molar-refractivity contribution in [3.63, 3.8) is 0 Å². The molecule has 4 N–H and O–H groups in total. The lowest BCUT2D eigenvalue weighted by atomic mass is 10.2. The van der Waals surface area contributed by atoms with Gasteiger partial charge in [0.2, 0.25) is 5.96 Å². The van der Waals surface area contributed by atoms with Gasteiger partial charge in [0, 0.05) is 15.4 Å². The third-order valence-corrected chi connectivity index (χ3v) is 3.95. The molecule has 23 heavy (non-hydrogen) atoms. The number of hydrogen-bond acceptors (Lipinski definition) is 5. The Kier molecular flexibility index (Phi) is 5.87. The first-order valence-corrected chi connectivity index (χ1v) is 7.56. The summed E-state index contributed by atoms with van der Waals surface area (Å²) in [6.45, 7) is 0. The summed E-state index contributed by atoms with van der Waals surface area (Å²) in [5.41, 5.74) is 11.4. The van der Waals surface area contributed by atoms with Gasteiger partial charge in [0.15, 0.2) is 11.5 Å². The Morgan fingerprint density at radius 2 is 1.78 bits per heavy atom. The maximum atomic E-state index is 5.33. The van der Waals surface area contributed by atoms with Crippen molar-refractivity contribution in [3.8, 4) is 11.5 Å². The van der Waals surface area contributed by atoms with Crippen molar-refractivity contribution in [2.24, 2.45) is 21.7 Å². The molecule has 0 radical (unpaired) electrons. The molecule has 0 aliphatic carbocycles. The molecule has 6 nitrogen and oxygen atoms in total. The lowest BCUT2D eigenvalue weighted by Gasteiger charge is -2.10. The molecular formula is C16H18N4O2S. The van der Waals surface area contributed by atoms with Crippen molar-refractivity contribution in [2.75, 3.05) is 14.2 Å². The zero-order valence-electron chi connectivity index (χ0n) is 12.9. The zero-order valence-corrected chi connectivity index (χ0v) is 13.7. The number of hydrogen-bond donors (Lipinski definition) is 2. The van der Waals surface area contributed by atoms with Gasteiger partial charge in [-0.15, -0.1) is 5.10 Å². The fourth-order valence-corrected chi connectivity index (χ4v) is 2.79. The van der Waals surface area contributed by atoms with Gasteiger partial charge in [-0.05, 0) is 24.3 Å². The van der Waals surface area contributed by atoms with Gasteiger partial charge >= 0.3 is 0 Å². The first-order chi connectivity index (χ1) is 11.1. The zero-order chi connectivity index (χ0) is 16.7. The number of ether oxygens (including phenoxy) is 2. The largest absolute Gasteiger partial charge is 0.493 e. The normalized spacial score (nSPS) is 10.5. The van der Waals surface area contributed by atoms with Crippen molar-refractivity contribution >= 4 is 23.9 Å². The minimum atomic E-state index is -0.0775. The molecule has 120 valence electrons. The van der Waals surface area contributed by atoms with Gasteiger partial charge in [-0.1, -0.05) is 30.0 Å². The lowest BCUT2D eigenvalue weighted by Crippen LogP contribution is -2.21. The van der Waals surface area contributed by atoms with Gasteiger partial charge in [-0.3, -0.25) is 0 Å². The Bertz CT molecular complexity index is 728. The van der Waals surface area contributed by atoms with Gasteiger partial charge in [-0.2, -0.15) is 5.10 Å². The minimum absolute atomic E-state index is 0.0775. The third kappa shape index (κ3) is 4.65. The van der Waals surface area contributed by atoms with Crippen molar-refractivity contribution in [3.05, 3.63) is 48.0 Å². The van der Waals surface area contributed by atoms with E-state index in [1.54, 1.807) is 32.2 Å². The van der Waals surface area contributed by atoms with Crippen molar-refractivity contribution in [1.82, 2.24) is 0 Å². The van der Waals surface area contributed by atoms with Crippen LogP contribution in [-0.4, -0.2) is 26.4 Å². The van der Waals surface area contributed by atoms with E-state index in [1.165, 1.54) is 0 Å². The van der Waals surface area contributed by atoms with Crippen LogP contribution in [0.3, 0.4) is 0 Å². The maximum Gasteiger partial charge on any atom is 0.211 e. The van der Waals surface area contributed by atoms with E-state index in [9.17, 15) is 0 Å². The van der Waals surface area contributed by atoms with E-state index in [2.05, 4.69) is 10.2 Å². The number of benzene rings is 2. The summed E-state index contributed by atoms with van der Waals surface area (Å²) in [5.74, 6) is 1.30. The van der Waals surface area contributed by atoms with Crippen LogP contribution in [0.1, 0.15) is 5.56 Å². The highest BCUT2D eigenvalue weighted by atomic mass is 32.2. The first-order valence-electron chi connectivity index (χ1n) is 6.75. The molecule has 0 saturated carbocycles. The van der Waals surface area contributed by atoms with Crippen LogP contribution >= 0.6 is 11.8 Å². The fourth-order valence-electron chi connectivity index (χ4n) is 1.84. The van der Waals surface area contributed by atoms with E-state index in [4.69, 9.17) is 20.9 Å². The molecule has 0 bridgehead atoms. The molecule has 0 unspecified atom stereocenters. The molecule has 0 aromatic heterocycles. The minimum Gasteiger partial charge on any atom is -0.493 e. The maximum absolute atomic E-state index is 5.33. The number of nitrogens with two attached hydrogens (primary N) is 2. The summed E-state index contributed by atoms with van der Waals surface area (Å²) in [6.07, 6.45) is 1.61. The van der Waals surface area contributed by atoms with E-state index >= 15 is 0 Å². The van der Waals surface area contributed by atoms with E-state index in [0.717, 1.165) is 15.4 Å². The van der Waals surface area contributed by atoms with Gasteiger partial charge < -0.3 is 20.9 Å². The Hall–Kier alpha value is -2.67. The summed E-state index contributed by atoms with van der Waals surface area (Å²) < 4.78 is 10.6. The smallest absolute Gasteiger partial charge is 0.211 e. The standard InChI is InChI=1S/C16H18N4O2S/c1-21-13-8-7-12(9-14(13)22-2)23-15-6-4-3-5-11(15)10-19-20-16(17)18/h3-10H,1-2H3,(H4,17,18,20). The second-order valence-electron chi connectivity index (χ2n) is 4.43. The highest BCUT2D eigenvalue weighted by Crippen LogP contribution is 2.36. The molecular weight excluding hydrogens is 312 g/mol. The van der Waals surface area contributed by atoms with Crippen LogP contribution in [-0.2, 0) is 0 Å². The topological polar surface area (TPSA) is 95.2 Å². The summed E-state index contributed by atoms with van der Waals surface area (Å²) in [7, 11) is 3.22. The number of nitrogens with zero attached hydrogens (tertiary/aromatic N) is 2. The molecule has 0 heterocycles. The Morgan fingerprint density at radius 3 is 2.48 bits per heavy atom. The summed E-state index contributed by atoms with van der Waals surface area (Å²) >= 11 is 1.58. The Balaban J connectivity index is 2.27. The van der Waals surface area contributed by atoms with Crippen LogP contribution in [0.4, 0.5) is 0 Å². The molecule has 2 rings (SSSR count). The quantitative estimate of drug-likeness (QED) is 0.482. The summed E-state index contributed by atoms with van der Waals surface area (Å²) in [5, 5.41) is 7.47. The van der Waals surface area contributed by atoms with Gasteiger partial charge in [-0.25, -0.2) is 0 Å². The van der Waals surface area contributed by atoms with Crippen LogP contribution in [0.25, 0.3) is 0 Å². The highest BCUT2D eigenvalue weighted by molar-refractivity contribution is 7.99. The van der Waals surface area contributed by atoms with Crippen molar-refractivity contribution in [1.29, 1.82) is 0 Å². The Labute approximate surface area is 139 Å². The molecule has 0 saturated heterocycles. The van der Waals surface area contributed by atoms with E-state index < -0.39 is 0 Å². The average molecular weight is 330 g/mol. The molecule has 0 aliphatic rings. The van der Waals surface area contributed by atoms with Crippen LogP contribution in [0.5, 0.6) is 11.5 Å². The molecule has 2 aromatic rings. The second-order valence-corrected chi connectivity index (χ2v) is 5.54. The monoisotopic (exact) mass is 330 g/mol. The predicted molar refractivity (Wildman–Crippen MR) is 93.5 cm³/mol. The third-order valence-electron chi connectivity index (χ3n) is 2.87. The van der Waals surface area contributed by atoms with Crippen molar-refractivity contribution < 1.29 is 9.47 Å². The summed E-state index contributed by atoms with van der Waals surface area (Å²) in [4.78, 5) is 2.04. The van der Waals surface area contributed by atoms with Crippen LogP contribution < -0.4 is 20.9 Å².